The van der Waals surface area contributed by atoms with Gasteiger partial charge in [0, 0.05) is 145 Å². The number of aliphatic hydroxyl groups is 1. The van der Waals surface area contributed by atoms with E-state index in [2.05, 4.69) is 66.0 Å². The van der Waals surface area contributed by atoms with Gasteiger partial charge in [0.25, 0.3) is 15.2 Å². The van der Waals surface area contributed by atoms with Crippen LogP contribution in [0, 0.1) is 111 Å². The second kappa shape index (κ2) is 87.7. The van der Waals surface area contributed by atoms with Crippen LogP contribution >= 0.6 is 0 Å². The van der Waals surface area contributed by atoms with Crippen LogP contribution in [0.4, 0.5) is 11.4 Å². The van der Waals surface area contributed by atoms with Crippen molar-refractivity contribution in [3.05, 3.63) is 237 Å². The van der Waals surface area contributed by atoms with Gasteiger partial charge >= 0.3 is 102 Å². The van der Waals surface area contributed by atoms with Gasteiger partial charge in [-0.05, 0) is 80.1 Å². The van der Waals surface area contributed by atoms with Crippen molar-refractivity contribution in [2.75, 3.05) is 19.1 Å². The zero-order valence-electron chi connectivity index (χ0n) is 54.0. The number of pyridine rings is 6. The molecule has 0 amide bonds. The first kappa shape index (κ1) is 120. The third kappa shape index (κ3) is 106. The number of carbonyl (C=O) groups is 1. The van der Waals surface area contributed by atoms with Gasteiger partial charge in [0.1, 0.15) is 12.8 Å². The van der Waals surface area contributed by atoms with Crippen molar-refractivity contribution in [2.45, 2.75) is 74.1 Å². The smallest absolute Gasteiger partial charge is 0.0267 e. The van der Waals surface area contributed by atoms with E-state index in [1.54, 1.807) is 57.9 Å². The summed E-state index contributed by atoms with van der Waals surface area (Å²) < 4.78 is 57.9. The van der Waals surface area contributed by atoms with Gasteiger partial charge in [0.2, 0.25) is 5.56 Å². The maximum Gasteiger partial charge on any atom is 0.0267 e. The maximum absolute atomic E-state index is 11.1. The summed E-state index contributed by atoms with van der Waals surface area (Å²) in [6.07, 6.45) is 15.1. The Balaban J connectivity index is -0.0000000602. The Hall–Kier alpha value is -5.36. The third-order valence-electron chi connectivity index (χ3n) is 7.80. The molecule has 0 fully saturated rings. The molecule has 0 aromatic carbocycles. The van der Waals surface area contributed by atoms with Crippen LogP contribution in [0.25, 0.3) is 0 Å². The van der Waals surface area contributed by atoms with E-state index in [4.69, 9.17) is 120 Å². The van der Waals surface area contributed by atoms with Crippen LogP contribution in [-0.2, 0) is 67.9 Å². The number of anilines is 1. The summed E-state index contributed by atoms with van der Waals surface area (Å²) in [6.45, 7) is 46.2. The molecule has 0 atom stereocenters. The van der Waals surface area contributed by atoms with E-state index in [9.17, 15) is 32.9 Å². The number of aliphatic hydroxyl groups excluding tert-OH is 1. The minimum atomic E-state index is -4.67. The molecule has 6 rings (SSSR count). The summed E-state index contributed by atoms with van der Waals surface area (Å²) in [5, 5.41) is 77.3. The minimum absolute atomic E-state index is 0. The molecule has 489 valence electrons. The van der Waals surface area contributed by atoms with Gasteiger partial charge in [-0.2, -0.15) is 8.42 Å². The number of rotatable bonds is 5. The fourth-order valence-electron chi connectivity index (χ4n) is 3.87. The molecule has 6 N–H and O–H groups in total. The molecule has 0 aliphatic rings. The number of aryl methyl sites for hydroxylation is 5. The Bertz CT molecular complexity index is 3020. The summed E-state index contributed by atoms with van der Waals surface area (Å²) in [5.74, 6) is 1.50. The standard InChI is InChI=1S/C9H13N.C8H12N2.C7H8N2O3.C6H7NO.C6H8N.C5H5N.C5H10O.6CN.CH4O4S.CH4O.Fe.3K.HNO3.H2O4S/c1-7(2)9-5-4-8(3)6-10-9;1-6(2)8-4-3-7(9)5-10-8;1-5-3-6(9(11)12)7(10)8(2)4-5;1-7-5-3-2-4-6(7)8;1-7-5-3-2-4-6-7;1-2-4-6-5-3-1;1-4(2)5(3)6;6*1-2;1-6(3,4)5-2;1-2;;;;;2-1(3)4;1-5(2,3)4/h4-7H,1-3H3;3-6H,9H2,1-2H3;3-4H,1-2H3;2-5H,1H3;2-6H,1H3;1-5H;4H,1-3H3;;;;;;;2H,1H3;2H,1H3;;;;;(H,2,3,4);(H2,1,2,3,4)/q;;;;+1;;;6*-1;;;+6;;;;;/p-1. The van der Waals surface area contributed by atoms with Crippen molar-refractivity contribution in [1.82, 2.24) is 24.1 Å². The first-order valence-corrected chi connectivity index (χ1v) is 43.4. The molecular formula is C54H73FeK3N15O17S2. The van der Waals surface area contributed by atoms with Crippen LogP contribution in [-0.4, -0.2) is 204 Å². The molecular weight excluding hydrogens is 1370 g/mol. The molecule has 92 heavy (non-hydrogen) atoms. The quantitative estimate of drug-likeness (QED) is 0.0304. The molecule has 6 aromatic heterocycles. The molecule has 0 saturated heterocycles. The second-order valence-corrected chi connectivity index (χ2v) is 18.0. The number of hydrogen-bond acceptors (Lipinski definition) is 24. The van der Waals surface area contributed by atoms with E-state index in [-0.39, 0.29) is 91.4 Å². The fourth-order valence-corrected chi connectivity index (χ4v) is 3.87. The van der Waals surface area contributed by atoms with Crippen LogP contribution in [0.1, 0.15) is 82.8 Å². The molecule has 6 heterocycles. The van der Waals surface area contributed by atoms with Crippen LogP contribution < -0.4 is 26.7 Å². The van der Waals surface area contributed by atoms with Gasteiger partial charge in [-0.15, -0.1) is 10.1 Å². The second-order valence-electron chi connectivity index (χ2n) is 15.6. The molecule has 0 saturated carbocycles. The topological polar surface area (TPSA) is 540 Å². The van der Waals surface area contributed by atoms with Crippen LogP contribution in [0.2, 0.25) is 0 Å². The Morgan fingerprint density at radius 2 is 1.04 bits per heavy atom. The molecule has 32 nitrogen and oxygen atoms in total. The number of nitrogens with zero attached hydrogens (tertiary/aromatic N) is 14. The normalized spacial score (nSPS) is 8.05. The zero-order chi connectivity index (χ0) is 74.2. The van der Waals surface area contributed by atoms with Gasteiger partial charge in [-0.3, -0.25) is 48.6 Å². The molecule has 0 spiro atoms. The van der Waals surface area contributed by atoms with E-state index in [1.807, 2.05) is 98.7 Å². The van der Waals surface area contributed by atoms with Gasteiger partial charge in [0.05, 0.1) is 23.1 Å². The molecule has 6 aromatic rings. The van der Waals surface area contributed by atoms with Crippen molar-refractivity contribution in [3.63, 3.8) is 0 Å². The van der Waals surface area contributed by atoms with Crippen LogP contribution in [0.5, 0.6) is 0 Å². The van der Waals surface area contributed by atoms with Crippen molar-refractivity contribution in [3.8, 4) is 0 Å². The Kier molecular flexibility index (Phi) is 115. The number of hydrogen-bond donors (Lipinski definition) is 5. The molecule has 0 aliphatic carbocycles. The fraction of sp³-hybridized carbons (Fsp3) is 0.315. The van der Waals surface area contributed by atoms with Gasteiger partial charge < -0.3 is 106 Å². The maximum atomic E-state index is 11.1. The van der Waals surface area contributed by atoms with E-state index >= 15 is 0 Å². The molecule has 0 bridgehead atoms. The monoisotopic (exact) mass is 1440 g/mol. The average Bonchev–Trinajstić information content (AvgIpc) is 1.09. The summed E-state index contributed by atoms with van der Waals surface area (Å²) in [7, 11) is -2.17. The van der Waals surface area contributed by atoms with Crippen molar-refractivity contribution >= 4 is 152 Å². The number of nitrogens with two attached hydrogens (primary N) is 1. The van der Waals surface area contributed by atoms with Crippen molar-refractivity contribution in [1.29, 1.82) is 31.6 Å². The summed E-state index contributed by atoms with van der Waals surface area (Å²) in [4.78, 5) is 62.0. The number of ketones is 1. The number of carbonyl (C=O) groups excluding carboxylic acids is 1. The van der Waals surface area contributed by atoms with E-state index < -0.39 is 36.1 Å². The average molecular weight is 1440 g/mol. The molecule has 1 radical (unpaired) electrons. The summed E-state index contributed by atoms with van der Waals surface area (Å²) >= 11 is 2.50. The largest absolute Gasteiger partial charge is 0.265 e. The van der Waals surface area contributed by atoms with Crippen LogP contribution in [0.3, 0.4) is 0 Å². The van der Waals surface area contributed by atoms with Crippen molar-refractivity contribution in [2.24, 2.45) is 27.1 Å². The molecule has 0 aliphatic heterocycles. The SMILES string of the molecule is CC(=O)C(C)C.CC(C)c1ccc(N)cn1.CO.CS(=O)(=O)O[O-].C[n+]1ccccc1.Cc1cc([N+](=O)[O-])c(=O)n(C)c1.Cc1ccc(C(C)C)nc1.Cn1ccccc1=O.O=S(=O)(O)O.O=[N+]([O-])O.[C-]#N.[C-]#N.[C-]#N.[C-]#N.[C-]#N.[C-]#N.[Fe+6].[K].[K][K].c1ccncc1. The van der Waals surface area contributed by atoms with Gasteiger partial charge in [-0.25, -0.2) is 13.0 Å². The number of nitrogen functional groups attached to an aromatic ring is 1. The minimum Gasteiger partial charge on any atom is -0.265 e. The number of aromatic nitrogens is 6. The number of nitro groups is 1. The van der Waals surface area contributed by atoms with Gasteiger partial charge in [-0.1, -0.05) is 65.8 Å². The third-order valence-corrected chi connectivity index (χ3v) is 8.05. The first-order chi connectivity index (χ1) is 42.1. The predicted molar refractivity (Wildman–Crippen MR) is 332 cm³/mol. The van der Waals surface area contributed by atoms with Gasteiger partial charge in [0.15, 0.2) is 12.4 Å². The van der Waals surface area contributed by atoms with E-state index in [0.29, 0.717) is 23.7 Å². The Labute approximate surface area is 638 Å². The van der Waals surface area contributed by atoms with Crippen molar-refractivity contribution < 1.29 is 82.3 Å². The Morgan fingerprint density at radius 3 is 1.25 bits per heavy atom. The molecule has 38 heteroatoms. The summed E-state index contributed by atoms with van der Waals surface area (Å²) in [5.41, 5.74) is 9.46. The van der Waals surface area contributed by atoms with Crippen LogP contribution in [0.15, 0.2) is 144 Å². The number of Topliss-reactive ketones (excluding diaryl/α,β-unsaturated/α-hetero) is 1. The zero-order valence-corrected chi connectivity index (χ0v) is 66.1. The van der Waals surface area contributed by atoms with E-state index in [0.717, 1.165) is 18.5 Å². The predicted octanol–water partition coefficient (Wildman–Crippen LogP) is 4.39. The molecule has 0 unspecified atom stereocenters. The summed E-state index contributed by atoms with van der Waals surface area (Å²) in [6, 6.07) is 26.1. The Morgan fingerprint density at radius 1 is 0.696 bits per heavy atom. The first-order valence-electron chi connectivity index (χ1n) is 24.2. The van der Waals surface area contributed by atoms with E-state index in [1.165, 1.54) is 103 Å².